The molecule has 0 aromatic carbocycles. The number of piperidine rings is 1. The summed E-state index contributed by atoms with van der Waals surface area (Å²) in [6.45, 7) is 5.64. The maximum Gasteiger partial charge on any atom is 0.214 e. The average molecular weight is 286 g/mol. The quantitative estimate of drug-likeness (QED) is 0.673. The van der Waals surface area contributed by atoms with Crippen LogP contribution in [-0.4, -0.2) is 56.1 Å². The summed E-state index contributed by atoms with van der Waals surface area (Å²) in [5.41, 5.74) is 0. The highest BCUT2D eigenvalue weighted by Crippen LogP contribution is 2.13. The molecule has 0 spiro atoms. The van der Waals surface area contributed by atoms with Crippen LogP contribution < -0.4 is 0 Å². The van der Waals surface area contributed by atoms with Gasteiger partial charge in [0.1, 0.15) is 0 Å². The minimum absolute atomic E-state index is 0.218. The normalized spacial score (nSPS) is 17.5. The minimum Gasteiger partial charge on any atom is -0.303 e. The van der Waals surface area contributed by atoms with Crippen molar-refractivity contribution in [3.8, 4) is 6.07 Å². The first kappa shape index (κ1) is 16.4. The highest BCUT2D eigenvalue weighted by atomic mass is 32.2. The van der Waals surface area contributed by atoms with Crippen molar-refractivity contribution in [3.63, 3.8) is 0 Å². The van der Waals surface area contributed by atoms with Gasteiger partial charge in [-0.25, -0.2) is 12.7 Å². The zero-order chi connectivity index (χ0) is 14.1. The van der Waals surface area contributed by atoms with Gasteiger partial charge < -0.3 is 4.90 Å². The molecule has 0 N–H and O–H groups in total. The fourth-order valence-electron chi connectivity index (χ4n) is 2.24. The summed E-state index contributed by atoms with van der Waals surface area (Å²) in [4.78, 5) is 2.13. The Balaban J connectivity index is 2.32. The molecule has 0 aromatic heterocycles. The predicted molar refractivity (Wildman–Crippen MR) is 75.9 cm³/mol. The van der Waals surface area contributed by atoms with Crippen LogP contribution in [0.4, 0.5) is 0 Å². The first-order valence-corrected chi connectivity index (χ1v) is 8.60. The Kier molecular flexibility index (Phi) is 7.36. The molecular weight excluding hydrogens is 262 g/mol. The SMILES string of the molecule is CCN(CCC#N)CCCS(=O)(=O)N1CC[CH]CC1. The molecule has 0 atom stereocenters. The van der Waals surface area contributed by atoms with Crippen LogP contribution in [0.3, 0.4) is 0 Å². The lowest BCUT2D eigenvalue weighted by Crippen LogP contribution is -2.38. The highest BCUT2D eigenvalue weighted by Gasteiger charge is 2.23. The van der Waals surface area contributed by atoms with Crippen molar-refractivity contribution in [1.82, 2.24) is 9.21 Å². The topological polar surface area (TPSA) is 64.4 Å². The van der Waals surface area contributed by atoms with E-state index in [9.17, 15) is 8.42 Å². The standard InChI is InChI=1S/C13H24N3O2S/c1-2-15(9-6-8-14)10-7-13-19(17,18)16-11-4-3-5-12-16/h3H,2,4-7,9-13H2,1H3. The largest absolute Gasteiger partial charge is 0.303 e. The zero-order valence-corrected chi connectivity index (χ0v) is 12.5. The van der Waals surface area contributed by atoms with E-state index in [-0.39, 0.29) is 5.75 Å². The monoisotopic (exact) mass is 286 g/mol. The number of rotatable bonds is 8. The van der Waals surface area contributed by atoms with Gasteiger partial charge in [-0.3, -0.25) is 0 Å². The third-order valence-corrected chi connectivity index (χ3v) is 5.38. The molecule has 0 unspecified atom stereocenters. The lowest BCUT2D eigenvalue weighted by Gasteiger charge is -2.26. The second-order valence-corrected chi connectivity index (χ2v) is 6.87. The van der Waals surface area contributed by atoms with Crippen molar-refractivity contribution in [2.45, 2.75) is 32.6 Å². The smallest absolute Gasteiger partial charge is 0.214 e. The zero-order valence-electron chi connectivity index (χ0n) is 11.7. The first-order chi connectivity index (χ1) is 9.10. The van der Waals surface area contributed by atoms with Gasteiger partial charge in [-0.2, -0.15) is 5.26 Å². The van der Waals surface area contributed by atoms with Gasteiger partial charge in [0.05, 0.1) is 11.8 Å². The van der Waals surface area contributed by atoms with E-state index in [1.807, 2.05) is 6.92 Å². The van der Waals surface area contributed by atoms with E-state index in [4.69, 9.17) is 5.26 Å². The molecule has 1 fully saturated rings. The van der Waals surface area contributed by atoms with Gasteiger partial charge in [-0.05, 0) is 38.8 Å². The molecule has 1 aliphatic rings. The van der Waals surface area contributed by atoms with E-state index in [1.165, 1.54) is 0 Å². The van der Waals surface area contributed by atoms with Crippen molar-refractivity contribution in [2.24, 2.45) is 0 Å². The number of hydrogen-bond acceptors (Lipinski definition) is 4. The average Bonchev–Trinajstić information content (AvgIpc) is 2.43. The summed E-state index contributed by atoms with van der Waals surface area (Å²) in [6.07, 6.45) is 5.02. The molecule has 0 amide bonds. The fourth-order valence-corrected chi connectivity index (χ4v) is 3.76. The molecule has 0 aromatic rings. The Labute approximate surface area is 117 Å². The van der Waals surface area contributed by atoms with E-state index in [0.717, 1.165) is 32.5 Å². The van der Waals surface area contributed by atoms with Gasteiger partial charge in [-0.15, -0.1) is 0 Å². The van der Waals surface area contributed by atoms with Crippen LogP contribution in [0.25, 0.3) is 0 Å². The highest BCUT2D eigenvalue weighted by molar-refractivity contribution is 7.89. The first-order valence-electron chi connectivity index (χ1n) is 6.99. The van der Waals surface area contributed by atoms with Crippen LogP contribution >= 0.6 is 0 Å². The second-order valence-electron chi connectivity index (χ2n) is 4.78. The van der Waals surface area contributed by atoms with Crippen molar-refractivity contribution in [2.75, 3.05) is 38.5 Å². The number of nitrogens with zero attached hydrogens (tertiary/aromatic N) is 3. The molecule has 1 radical (unpaired) electrons. The number of nitriles is 1. The maximum absolute atomic E-state index is 12.1. The molecule has 0 saturated carbocycles. The summed E-state index contributed by atoms with van der Waals surface area (Å²) in [5, 5.41) is 8.55. The lowest BCUT2D eigenvalue weighted by atomic mass is 10.2. The summed E-state index contributed by atoms with van der Waals surface area (Å²) >= 11 is 0. The van der Waals surface area contributed by atoms with Gasteiger partial charge in [0, 0.05) is 26.1 Å². The molecule has 19 heavy (non-hydrogen) atoms. The molecule has 1 saturated heterocycles. The Bertz CT molecular complexity index is 383. The van der Waals surface area contributed by atoms with Gasteiger partial charge in [0.2, 0.25) is 10.0 Å². The predicted octanol–water partition coefficient (Wildman–Crippen LogP) is 1.24. The number of hydrogen-bond donors (Lipinski definition) is 0. The van der Waals surface area contributed by atoms with Gasteiger partial charge in [0.25, 0.3) is 0 Å². The van der Waals surface area contributed by atoms with E-state index in [0.29, 0.717) is 25.9 Å². The van der Waals surface area contributed by atoms with Crippen molar-refractivity contribution >= 4 is 10.0 Å². The summed E-state index contributed by atoms with van der Waals surface area (Å²) in [5.74, 6) is 0.218. The van der Waals surface area contributed by atoms with Crippen LogP contribution in [-0.2, 0) is 10.0 Å². The summed E-state index contributed by atoms with van der Waals surface area (Å²) < 4.78 is 25.8. The van der Waals surface area contributed by atoms with E-state index >= 15 is 0 Å². The van der Waals surface area contributed by atoms with Crippen LogP contribution in [0.1, 0.15) is 32.6 Å². The molecule has 0 aliphatic carbocycles. The summed E-state index contributed by atoms with van der Waals surface area (Å²) in [7, 11) is -3.09. The van der Waals surface area contributed by atoms with Crippen LogP contribution in [0.15, 0.2) is 0 Å². The Hall–Kier alpha value is -0.640. The summed E-state index contributed by atoms with van der Waals surface area (Å²) in [6, 6.07) is 2.12. The molecule has 1 heterocycles. The molecule has 6 heteroatoms. The van der Waals surface area contributed by atoms with Crippen molar-refractivity contribution in [1.29, 1.82) is 5.26 Å². The Morgan fingerprint density at radius 3 is 2.58 bits per heavy atom. The molecule has 109 valence electrons. The molecule has 5 nitrogen and oxygen atoms in total. The van der Waals surface area contributed by atoms with Gasteiger partial charge >= 0.3 is 0 Å². The second kappa shape index (κ2) is 8.51. The molecule has 1 aliphatic heterocycles. The maximum atomic E-state index is 12.1. The molecular formula is C13H24N3O2S. The minimum atomic E-state index is -3.09. The van der Waals surface area contributed by atoms with E-state index in [1.54, 1.807) is 4.31 Å². The van der Waals surface area contributed by atoms with Crippen molar-refractivity contribution < 1.29 is 8.42 Å². The van der Waals surface area contributed by atoms with E-state index in [2.05, 4.69) is 17.4 Å². The third-order valence-electron chi connectivity index (χ3n) is 3.42. The third kappa shape index (κ3) is 5.89. The Morgan fingerprint density at radius 1 is 1.32 bits per heavy atom. The lowest BCUT2D eigenvalue weighted by molar-refractivity contribution is 0.294. The van der Waals surface area contributed by atoms with Crippen molar-refractivity contribution in [3.05, 3.63) is 6.42 Å². The fraction of sp³-hybridized carbons (Fsp3) is 0.846. The van der Waals surface area contributed by atoms with Crippen LogP contribution in [0.2, 0.25) is 0 Å². The van der Waals surface area contributed by atoms with Gasteiger partial charge in [-0.1, -0.05) is 6.92 Å². The Morgan fingerprint density at radius 2 is 2.00 bits per heavy atom. The number of sulfonamides is 1. The van der Waals surface area contributed by atoms with Crippen LogP contribution in [0.5, 0.6) is 0 Å². The van der Waals surface area contributed by atoms with Crippen LogP contribution in [0, 0.1) is 17.8 Å². The van der Waals surface area contributed by atoms with Gasteiger partial charge in [0.15, 0.2) is 0 Å². The molecule has 1 rings (SSSR count). The molecule has 0 bridgehead atoms. The van der Waals surface area contributed by atoms with E-state index < -0.39 is 10.0 Å².